The third-order valence-corrected chi connectivity index (χ3v) is 3.89. The molecule has 5 heteroatoms. The standard InChI is InChI=1S/C12H9NO3S/c14-9-10-6-7-13-12(8-10)17(15,16)11-4-2-1-3-5-11/h1-9H. The average Bonchev–Trinajstić information content (AvgIpc) is 2.40. The van der Waals surface area contributed by atoms with Crippen LogP contribution in [0.15, 0.2) is 58.6 Å². The van der Waals surface area contributed by atoms with E-state index in [0.29, 0.717) is 6.29 Å². The Morgan fingerprint density at radius 2 is 1.76 bits per heavy atom. The molecule has 0 amide bonds. The third kappa shape index (κ3) is 2.24. The fourth-order valence-corrected chi connectivity index (χ4v) is 2.61. The molecule has 0 aliphatic carbocycles. The van der Waals surface area contributed by atoms with Crippen molar-refractivity contribution in [3.63, 3.8) is 0 Å². The van der Waals surface area contributed by atoms with E-state index in [0.717, 1.165) is 0 Å². The Kier molecular flexibility index (Phi) is 3.01. The lowest BCUT2D eigenvalue weighted by atomic mass is 10.3. The summed E-state index contributed by atoms with van der Waals surface area (Å²) >= 11 is 0. The first kappa shape index (κ1) is 11.5. The predicted molar refractivity (Wildman–Crippen MR) is 61.5 cm³/mol. The number of sulfone groups is 1. The summed E-state index contributed by atoms with van der Waals surface area (Å²) in [7, 11) is -3.64. The third-order valence-electron chi connectivity index (χ3n) is 2.22. The summed E-state index contributed by atoms with van der Waals surface area (Å²) < 4.78 is 24.2. The van der Waals surface area contributed by atoms with Crippen LogP contribution in [0.2, 0.25) is 0 Å². The lowest BCUT2D eigenvalue weighted by Gasteiger charge is -2.03. The molecule has 2 rings (SSSR count). The van der Waals surface area contributed by atoms with Gasteiger partial charge < -0.3 is 0 Å². The predicted octanol–water partition coefficient (Wildman–Crippen LogP) is 1.73. The maximum absolute atomic E-state index is 12.1. The number of pyridine rings is 1. The monoisotopic (exact) mass is 247 g/mol. The largest absolute Gasteiger partial charge is 0.298 e. The van der Waals surface area contributed by atoms with Crippen LogP contribution in [0.1, 0.15) is 10.4 Å². The van der Waals surface area contributed by atoms with E-state index in [1.807, 2.05) is 0 Å². The number of carbonyl (C=O) groups is 1. The Balaban J connectivity index is 2.56. The summed E-state index contributed by atoms with van der Waals surface area (Å²) in [4.78, 5) is 14.6. The first-order valence-corrected chi connectivity index (χ1v) is 6.34. The van der Waals surface area contributed by atoms with Gasteiger partial charge in [-0.05, 0) is 24.3 Å². The first-order valence-electron chi connectivity index (χ1n) is 4.86. The summed E-state index contributed by atoms with van der Waals surface area (Å²) in [5.41, 5.74) is 0.287. The number of nitrogens with zero attached hydrogens (tertiary/aromatic N) is 1. The van der Waals surface area contributed by atoms with E-state index in [9.17, 15) is 13.2 Å². The maximum Gasteiger partial charge on any atom is 0.223 e. The molecule has 0 spiro atoms. The van der Waals surface area contributed by atoms with Crippen molar-refractivity contribution >= 4 is 16.1 Å². The van der Waals surface area contributed by atoms with Gasteiger partial charge in [0.15, 0.2) is 5.03 Å². The Labute approximate surface area is 98.9 Å². The number of rotatable bonds is 3. The zero-order chi connectivity index (χ0) is 12.3. The second-order valence-electron chi connectivity index (χ2n) is 3.36. The van der Waals surface area contributed by atoms with Crippen molar-refractivity contribution in [3.8, 4) is 0 Å². The Hall–Kier alpha value is -2.01. The minimum atomic E-state index is -3.64. The number of hydrogen-bond acceptors (Lipinski definition) is 4. The van der Waals surface area contributed by atoms with E-state index in [1.165, 1.54) is 30.5 Å². The molecule has 0 unspecified atom stereocenters. The van der Waals surface area contributed by atoms with Gasteiger partial charge in [0.05, 0.1) is 4.90 Å². The van der Waals surface area contributed by atoms with Crippen LogP contribution in [0.5, 0.6) is 0 Å². The van der Waals surface area contributed by atoms with Crippen molar-refractivity contribution in [2.24, 2.45) is 0 Å². The number of aromatic nitrogens is 1. The fourth-order valence-electron chi connectivity index (χ4n) is 1.37. The molecule has 0 aliphatic rings. The van der Waals surface area contributed by atoms with E-state index in [-0.39, 0.29) is 15.5 Å². The number of benzene rings is 1. The van der Waals surface area contributed by atoms with Crippen LogP contribution >= 0.6 is 0 Å². The van der Waals surface area contributed by atoms with E-state index in [4.69, 9.17) is 0 Å². The van der Waals surface area contributed by atoms with Gasteiger partial charge in [0, 0.05) is 11.8 Å². The van der Waals surface area contributed by atoms with Crippen molar-refractivity contribution < 1.29 is 13.2 Å². The maximum atomic E-state index is 12.1. The van der Waals surface area contributed by atoms with Crippen LogP contribution < -0.4 is 0 Å². The molecule has 0 aliphatic heterocycles. The van der Waals surface area contributed by atoms with E-state index < -0.39 is 9.84 Å². The second kappa shape index (κ2) is 4.47. The number of carbonyl (C=O) groups excluding carboxylic acids is 1. The highest BCUT2D eigenvalue weighted by Gasteiger charge is 2.18. The second-order valence-corrected chi connectivity index (χ2v) is 5.26. The van der Waals surface area contributed by atoms with Crippen molar-refractivity contribution in [1.82, 2.24) is 4.98 Å². The van der Waals surface area contributed by atoms with Crippen molar-refractivity contribution in [2.45, 2.75) is 9.92 Å². The SMILES string of the molecule is O=Cc1ccnc(S(=O)(=O)c2ccccc2)c1. The van der Waals surface area contributed by atoms with Gasteiger partial charge in [-0.3, -0.25) is 4.79 Å². The van der Waals surface area contributed by atoms with Crippen LogP contribution in [0.25, 0.3) is 0 Å². The van der Waals surface area contributed by atoms with E-state index in [2.05, 4.69) is 4.98 Å². The molecule has 4 nitrogen and oxygen atoms in total. The number of hydrogen-bond donors (Lipinski definition) is 0. The molecule has 86 valence electrons. The first-order chi connectivity index (χ1) is 8.14. The van der Waals surface area contributed by atoms with Gasteiger partial charge >= 0.3 is 0 Å². The van der Waals surface area contributed by atoms with Crippen LogP contribution in [-0.4, -0.2) is 19.7 Å². The van der Waals surface area contributed by atoms with Crippen LogP contribution in [0.3, 0.4) is 0 Å². The lowest BCUT2D eigenvalue weighted by Crippen LogP contribution is -2.04. The minimum Gasteiger partial charge on any atom is -0.298 e. The topological polar surface area (TPSA) is 64.1 Å². The van der Waals surface area contributed by atoms with Crippen molar-refractivity contribution in [1.29, 1.82) is 0 Å². The molecule has 0 fully saturated rings. The molecule has 2 aromatic rings. The van der Waals surface area contributed by atoms with Crippen LogP contribution in [0, 0.1) is 0 Å². The number of aldehydes is 1. The molecule has 0 saturated heterocycles. The van der Waals surface area contributed by atoms with Crippen LogP contribution in [-0.2, 0) is 9.84 Å². The molecular formula is C12H9NO3S. The Morgan fingerprint density at radius 3 is 2.41 bits per heavy atom. The molecule has 0 saturated carbocycles. The van der Waals surface area contributed by atoms with Gasteiger partial charge in [0.2, 0.25) is 9.84 Å². The van der Waals surface area contributed by atoms with Gasteiger partial charge in [0.25, 0.3) is 0 Å². The average molecular weight is 247 g/mol. The lowest BCUT2D eigenvalue weighted by molar-refractivity contribution is 0.112. The normalized spacial score (nSPS) is 11.1. The molecule has 0 bridgehead atoms. The molecule has 1 aromatic carbocycles. The summed E-state index contributed by atoms with van der Waals surface area (Å²) in [6.07, 6.45) is 1.89. The fraction of sp³-hybridized carbons (Fsp3) is 0. The summed E-state index contributed by atoms with van der Waals surface area (Å²) in [5.74, 6) is 0. The molecule has 1 aromatic heterocycles. The van der Waals surface area contributed by atoms with Crippen molar-refractivity contribution in [2.75, 3.05) is 0 Å². The van der Waals surface area contributed by atoms with Gasteiger partial charge in [-0.1, -0.05) is 18.2 Å². The molecule has 1 heterocycles. The summed E-state index contributed by atoms with van der Waals surface area (Å²) in [6, 6.07) is 10.7. The smallest absolute Gasteiger partial charge is 0.223 e. The van der Waals surface area contributed by atoms with Gasteiger partial charge in [0.1, 0.15) is 6.29 Å². The highest BCUT2D eigenvalue weighted by Crippen LogP contribution is 2.18. The molecule has 0 atom stereocenters. The highest BCUT2D eigenvalue weighted by molar-refractivity contribution is 7.91. The van der Waals surface area contributed by atoms with E-state index in [1.54, 1.807) is 18.2 Å². The molecule has 0 N–H and O–H groups in total. The van der Waals surface area contributed by atoms with Gasteiger partial charge in [-0.15, -0.1) is 0 Å². The van der Waals surface area contributed by atoms with E-state index >= 15 is 0 Å². The quantitative estimate of drug-likeness (QED) is 0.775. The summed E-state index contributed by atoms with van der Waals surface area (Å²) in [6.45, 7) is 0. The Morgan fingerprint density at radius 1 is 1.06 bits per heavy atom. The zero-order valence-corrected chi connectivity index (χ0v) is 9.59. The van der Waals surface area contributed by atoms with Gasteiger partial charge in [-0.25, -0.2) is 13.4 Å². The molecule has 0 radical (unpaired) electrons. The van der Waals surface area contributed by atoms with Crippen LogP contribution in [0.4, 0.5) is 0 Å². The minimum absolute atomic E-state index is 0.117. The van der Waals surface area contributed by atoms with Gasteiger partial charge in [-0.2, -0.15) is 0 Å². The molecule has 17 heavy (non-hydrogen) atoms. The highest BCUT2D eigenvalue weighted by atomic mass is 32.2. The summed E-state index contributed by atoms with van der Waals surface area (Å²) in [5, 5.41) is -0.117. The Bertz CT molecular complexity index is 636. The molecular weight excluding hydrogens is 238 g/mol. The van der Waals surface area contributed by atoms with Crippen molar-refractivity contribution in [3.05, 3.63) is 54.2 Å². The zero-order valence-electron chi connectivity index (χ0n) is 8.78.